The van der Waals surface area contributed by atoms with Crippen molar-refractivity contribution in [2.45, 2.75) is 38.1 Å². The highest BCUT2D eigenvalue weighted by molar-refractivity contribution is 4.91. The van der Waals surface area contributed by atoms with E-state index in [1.54, 1.807) is 0 Å². The second kappa shape index (κ2) is 5.96. The fourth-order valence-electron chi connectivity index (χ4n) is 2.03. The molecule has 5 heteroatoms. The molecule has 2 heterocycles. The molecule has 1 aliphatic heterocycles. The van der Waals surface area contributed by atoms with Crippen molar-refractivity contribution in [2.75, 3.05) is 20.1 Å². The van der Waals surface area contributed by atoms with E-state index in [0.717, 1.165) is 37.6 Å². The van der Waals surface area contributed by atoms with E-state index >= 15 is 0 Å². The van der Waals surface area contributed by atoms with Gasteiger partial charge in [0.2, 0.25) is 5.89 Å². The second-order valence-electron chi connectivity index (χ2n) is 4.31. The lowest BCUT2D eigenvalue weighted by Gasteiger charge is -2.21. The monoisotopic (exact) mass is 224 g/mol. The van der Waals surface area contributed by atoms with Crippen molar-refractivity contribution in [1.29, 1.82) is 0 Å². The maximum atomic E-state index is 5.18. The van der Waals surface area contributed by atoms with Gasteiger partial charge in [0.05, 0.1) is 0 Å². The van der Waals surface area contributed by atoms with Crippen molar-refractivity contribution in [3.8, 4) is 0 Å². The van der Waals surface area contributed by atoms with Crippen molar-refractivity contribution < 1.29 is 4.52 Å². The van der Waals surface area contributed by atoms with Crippen LogP contribution in [-0.2, 0) is 12.8 Å². The molecule has 0 spiro atoms. The smallest absolute Gasteiger partial charge is 0.227 e. The molecule has 2 N–H and O–H groups in total. The fraction of sp³-hybridized carbons (Fsp3) is 0.818. The topological polar surface area (TPSA) is 63.0 Å². The molecule has 1 unspecified atom stereocenters. The normalized spacial score (nSPS) is 21.2. The third-order valence-electron chi connectivity index (χ3n) is 2.94. The van der Waals surface area contributed by atoms with Gasteiger partial charge in [-0.25, -0.2) is 0 Å². The Balaban J connectivity index is 1.81. The third-order valence-corrected chi connectivity index (χ3v) is 2.94. The minimum absolute atomic E-state index is 0.531. The molecule has 0 radical (unpaired) electrons. The third kappa shape index (κ3) is 3.28. The van der Waals surface area contributed by atoms with E-state index < -0.39 is 0 Å². The number of aromatic nitrogens is 2. The number of hydrogen-bond donors (Lipinski definition) is 2. The van der Waals surface area contributed by atoms with Crippen LogP contribution in [0.25, 0.3) is 0 Å². The molecule has 16 heavy (non-hydrogen) atoms. The van der Waals surface area contributed by atoms with Crippen LogP contribution in [0, 0.1) is 0 Å². The van der Waals surface area contributed by atoms with Crippen LogP contribution < -0.4 is 10.6 Å². The lowest BCUT2D eigenvalue weighted by molar-refractivity contribution is 0.359. The molecule has 0 aliphatic carbocycles. The number of likely N-dealkylation sites (N-methyl/N-ethyl adjacent to an activating group) is 1. The average molecular weight is 224 g/mol. The largest absolute Gasteiger partial charge is 0.339 e. The summed E-state index contributed by atoms with van der Waals surface area (Å²) in [4.78, 5) is 4.38. The van der Waals surface area contributed by atoms with Crippen LogP contribution in [0.5, 0.6) is 0 Å². The van der Waals surface area contributed by atoms with Crippen molar-refractivity contribution >= 4 is 0 Å². The first-order valence-corrected chi connectivity index (χ1v) is 6.08. The summed E-state index contributed by atoms with van der Waals surface area (Å²) in [7, 11) is 1.92. The van der Waals surface area contributed by atoms with Gasteiger partial charge in [-0.3, -0.25) is 0 Å². The van der Waals surface area contributed by atoms with E-state index in [0.29, 0.717) is 6.04 Å². The highest BCUT2D eigenvalue weighted by Crippen LogP contribution is 2.11. The van der Waals surface area contributed by atoms with Gasteiger partial charge in [0.1, 0.15) is 0 Å². The van der Waals surface area contributed by atoms with Crippen LogP contribution in [0.4, 0.5) is 0 Å². The quantitative estimate of drug-likeness (QED) is 0.763. The first-order chi connectivity index (χ1) is 7.88. The SMILES string of the molecule is CNCCc1nc(CC2CCCCN2)no1. The molecule has 0 bridgehead atoms. The standard InChI is InChI=1S/C11H20N4O/c1-12-7-5-11-14-10(15-16-11)8-9-4-2-3-6-13-9/h9,12-13H,2-8H2,1H3. The van der Waals surface area contributed by atoms with Crippen LogP contribution in [0.2, 0.25) is 0 Å². The number of nitrogens with zero attached hydrogens (tertiary/aromatic N) is 2. The van der Waals surface area contributed by atoms with Crippen LogP contribution in [-0.4, -0.2) is 36.3 Å². The minimum atomic E-state index is 0.531. The van der Waals surface area contributed by atoms with Gasteiger partial charge in [-0.1, -0.05) is 11.6 Å². The molecule has 0 aromatic carbocycles. The molecule has 1 fully saturated rings. The Labute approximate surface area is 96.0 Å². The molecule has 0 amide bonds. The fourth-order valence-corrected chi connectivity index (χ4v) is 2.03. The van der Waals surface area contributed by atoms with Gasteiger partial charge in [-0.15, -0.1) is 0 Å². The number of hydrogen-bond acceptors (Lipinski definition) is 5. The summed E-state index contributed by atoms with van der Waals surface area (Å²) in [6.07, 6.45) is 5.52. The van der Waals surface area contributed by atoms with Crippen molar-refractivity contribution in [3.63, 3.8) is 0 Å². The summed E-state index contributed by atoms with van der Waals surface area (Å²) < 4.78 is 5.18. The van der Waals surface area contributed by atoms with Gasteiger partial charge in [-0.05, 0) is 26.4 Å². The Morgan fingerprint density at radius 3 is 3.19 bits per heavy atom. The first-order valence-electron chi connectivity index (χ1n) is 6.08. The van der Waals surface area contributed by atoms with Gasteiger partial charge in [0, 0.05) is 25.4 Å². The Kier molecular flexibility index (Phi) is 4.30. The second-order valence-corrected chi connectivity index (χ2v) is 4.31. The van der Waals surface area contributed by atoms with Gasteiger partial charge >= 0.3 is 0 Å². The first kappa shape index (κ1) is 11.5. The van der Waals surface area contributed by atoms with E-state index in [1.165, 1.54) is 19.3 Å². The van der Waals surface area contributed by atoms with Crippen LogP contribution in [0.3, 0.4) is 0 Å². The summed E-state index contributed by atoms with van der Waals surface area (Å²) in [6, 6.07) is 0.531. The summed E-state index contributed by atoms with van der Waals surface area (Å²) in [5.41, 5.74) is 0. The molecular formula is C11H20N4O. The molecular weight excluding hydrogens is 204 g/mol. The van der Waals surface area contributed by atoms with Gasteiger partial charge in [-0.2, -0.15) is 4.98 Å². The average Bonchev–Trinajstić information content (AvgIpc) is 2.75. The summed E-state index contributed by atoms with van der Waals surface area (Å²) in [5, 5.41) is 10.6. The molecule has 1 aliphatic rings. The van der Waals surface area contributed by atoms with Crippen molar-refractivity contribution in [1.82, 2.24) is 20.8 Å². The number of piperidine rings is 1. The molecule has 1 aromatic heterocycles. The zero-order chi connectivity index (χ0) is 11.2. The summed E-state index contributed by atoms with van der Waals surface area (Å²) in [6.45, 7) is 2.00. The predicted molar refractivity (Wildman–Crippen MR) is 61.3 cm³/mol. The summed E-state index contributed by atoms with van der Waals surface area (Å²) in [5.74, 6) is 1.57. The van der Waals surface area contributed by atoms with Gasteiger partial charge < -0.3 is 15.2 Å². The molecule has 1 atom stereocenters. The van der Waals surface area contributed by atoms with Crippen molar-refractivity contribution in [2.24, 2.45) is 0 Å². The molecule has 0 saturated carbocycles. The van der Waals surface area contributed by atoms with Gasteiger partial charge in [0.25, 0.3) is 0 Å². The van der Waals surface area contributed by atoms with E-state index in [4.69, 9.17) is 4.52 Å². The minimum Gasteiger partial charge on any atom is -0.339 e. The van der Waals surface area contributed by atoms with Crippen LogP contribution >= 0.6 is 0 Å². The Morgan fingerprint density at radius 1 is 1.50 bits per heavy atom. The lowest BCUT2D eigenvalue weighted by Crippen LogP contribution is -2.35. The van der Waals surface area contributed by atoms with E-state index in [2.05, 4.69) is 20.8 Å². The Hall–Kier alpha value is -0.940. The number of nitrogens with one attached hydrogen (secondary N) is 2. The summed E-state index contributed by atoms with van der Waals surface area (Å²) >= 11 is 0. The van der Waals surface area contributed by atoms with Gasteiger partial charge in [0.15, 0.2) is 5.82 Å². The Bertz CT molecular complexity index is 307. The van der Waals surface area contributed by atoms with Crippen molar-refractivity contribution in [3.05, 3.63) is 11.7 Å². The highest BCUT2D eigenvalue weighted by atomic mass is 16.5. The molecule has 2 rings (SSSR count). The molecule has 5 nitrogen and oxygen atoms in total. The molecule has 1 aromatic rings. The highest BCUT2D eigenvalue weighted by Gasteiger charge is 2.16. The lowest BCUT2D eigenvalue weighted by atomic mass is 10.0. The van der Waals surface area contributed by atoms with Crippen LogP contribution in [0.15, 0.2) is 4.52 Å². The maximum absolute atomic E-state index is 5.18. The van der Waals surface area contributed by atoms with E-state index in [1.807, 2.05) is 7.05 Å². The van der Waals surface area contributed by atoms with E-state index in [9.17, 15) is 0 Å². The zero-order valence-electron chi connectivity index (χ0n) is 9.83. The Morgan fingerprint density at radius 2 is 2.44 bits per heavy atom. The molecule has 90 valence electrons. The molecule has 1 saturated heterocycles. The van der Waals surface area contributed by atoms with Crippen LogP contribution in [0.1, 0.15) is 31.0 Å². The number of rotatable bonds is 5. The van der Waals surface area contributed by atoms with E-state index in [-0.39, 0.29) is 0 Å². The maximum Gasteiger partial charge on any atom is 0.227 e. The zero-order valence-corrected chi connectivity index (χ0v) is 9.83. The predicted octanol–water partition coefficient (Wildman–Crippen LogP) is 0.516.